The minimum Gasteiger partial charge on any atom is -0.341 e. The quantitative estimate of drug-likeness (QED) is 0.743. The van der Waals surface area contributed by atoms with Gasteiger partial charge in [-0.05, 0) is 43.7 Å². The van der Waals surface area contributed by atoms with Gasteiger partial charge in [0, 0.05) is 56.1 Å². The zero-order valence-corrected chi connectivity index (χ0v) is 18.0. The molecular formula is C21H29N5O2S. The third-order valence-electron chi connectivity index (χ3n) is 6.08. The number of likely N-dealkylation sites (tertiary alicyclic amines) is 1. The highest BCUT2D eigenvalue weighted by molar-refractivity contribution is 7.99. The molecule has 0 saturated carbocycles. The van der Waals surface area contributed by atoms with E-state index in [1.165, 1.54) is 5.56 Å². The van der Waals surface area contributed by atoms with Crippen molar-refractivity contribution >= 4 is 17.7 Å². The van der Waals surface area contributed by atoms with Crippen molar-refractivity contribution in [3.63, 3.8) is 0 Å². The van der Waals surface area contributed by atoms with E-state index in [0.717, 1.165) is 50.3 Å². The van der Waals surface area contributed by atoms with Gasteiger partial charge in [0.05, 0.1) is 11.9 Å². The van der Waals surface area contributed by atoms with Crippen molar-refractivity contribution in [2.75, 3.05) is 38.7 Å². The van der Waals surface area contributed by atoms with Crippen LogP contribution in [-0.4, -0.2) is 69.2 Å². The molecule has 2 atom stereocenters. The molecule has 1 amide bonds. The van der Waals surface area contributed by atoms with Gasteiger partial charge in [0.15, 0.2) is 0 Å². The van der Waals surface area contributed by atoms with E-state index in [2.05, 4.69) is 21.2 Å². The molecule has 2 aromatic heterocycles. The number of nitrogens with zero attached hydrogens (tertiary/aromatic N) is 4. The first kappa shape index (κ1) is 20.2. The fraction of sp³-hybridized carbons (Fsp3) is 0.571. The highest BCUT2D eigenvalue weighted by Crippen LogP contribution is 2.35. The number of nitrogens with one attached hydrogen (secondary N) is 1. The molecule has 1 N–H and O–H groups in total. The Bertz CT molecular complexity index is 910. The number of amides is 1. The van der Waals surface area contributed by atoms with Gasteiger partial charge in [0.1, 0.15) is 0 Å². The molecule has 1 fully saturated rings. The first-order chi connectivity index (χ1) is 14.0. The Hall–Kier alpha value is -2.06. The third kappa shape index (κ3) is 4.43. The van der Waals surface area contributed by atoms with Gasteiger partial charge in [-0.2, -0.15) is 16.9 Å². The average Bonchev–Trinajstić information content (AvgIpc) is 3.23. The van der Waals surface area contributed by atoms with Crippen molar-refractivity contribution in [3.8, 4) is 0 Å². The zero-order valence-electron chi connectivity index (χ0n) is 17.1. The van der Waals surface area contributed by atoms with E-state index in [0.29, 0.717) is 18.2 Å². The molecular weight excluding hydrogens is 386 g/mol. The molecule has 2 aliphatic heterocycles. The molecule has 0 unspecified atom stereocenters. The van der Waals surface area contributed by atoms with E-state index in [9.17, 15) is 9.59 Å². The number of piperidine rings is 1. The van der Waals surface area contributed by atoms with Crippen molar-refractivity contribution < 1.29 is 4.79 Å². The average molecular weight is 416 g/mol. The Balaban J connectivity index is 1.46. The topological polar surface area (TPSA) is 74.2 Å². The summed E-state index contributed by atoms with van der Waals surface area (Å²) in [7, 11) is 2.05. The number of carbonyl (C=O) groups is 1. The summed E-state index contributed by atoms with van der Waals surface area (Å²) in [4.78, 5) is 29.7. The highest BCUT2D eigenvalue weighted by Gasteiger charge is 2.36. The van der Waals surface area contributed by atoms with Gasteiger partial charge in [-0.25, -0.2) is 0 Å². The standard InChI is InChI=1S/C21H29N5O2S/c1-24(6-5-15-8-22-23-9-15)12-17-3-4-19-18-7-16(11-26(19)21(17)28)10-25(13-18)20(27)14-29-2/h3-4,8-9,16,18H,5-7,10-14H2,1-2H3,(H,22,23)/t16-,18+/m0/s1. The Labute approximate surface area is 175 Å². The first-order valence-corrected chi connectivity index (χ1v) is 11.6. The van der Waals surface area contributed by atoms with E-state index in [1.54, 1.807) is 11.8 Å². The molecule has 7 nitrogen and oxygen atoms in total. The van der Waals surface area contributed by atoms with Crippen molar-refractivity contribution in [2.45, 2.75) is 31.8 Å². The lowest BCUT2D eigenvalue weighted by Crippen LogP contribution is -2.50. The number of pyridine rings is 1. The van der Waals surface area contributed by atoms with E-state index < -0.39 is 0 Å². The summed E-state index contributed by atoms with van der Waals surface area (Å²) in [6.45, 7) is 3.75. The van der Waals surface area contributed by atoms with Gasteiger partial charge in [-0.15, -0.1) is 0 Å². The summed E-state index contributed by atoms with van der Waals surface area (Å²) < 4.78 is 1.98. The third-order valence-corrected chi connectivity index (χ3v) is 6.62. The van der Waals surface area contributed by atoms with Crippen LogP contribution in [0.2, 0.25) is 0 Å². The van der Waals surface area contributed by atoms with Crippen LogP contribution < -0.4 is 5.56 Å². The summed E-state index contributed by atoms with van der Waals surface area (Å²) in [5, 5.41) is 6.81. The van der Waals surface area contributed by atoms with Crippen molar-refractivity contribution in [2.24, 2.45) is 5.92 Å². The molecule has 0 spiro atoms. The second kappa shape index (κ2) is 8.75. The minimum absolute atomic E-state index is 0.135. The summed E-state index contributed by atoms with van der Waals surface area (Å²) >= 11 is 1.57. The van der Waals surface area contributed by atoms with Gasteiger partial charge in [-0.1, -0.05) is 6.07 Å². The summed E-state index contributed by atoms with van der Waals surface area (Å²) in [5.41, 5.74) is 3.25. The second-order valence-electron chi connectivity index (χ2n) is 8.32. The van der Waals surface area contributed by atoms with Crippen molar-refractivity contribution in [1.29, 1.82) is 0 Å². The normalized spacial score (nSPS) is 20.7. The van der Waals surface area contributed by atoms with Crippen LogP contribution in [-0.2, 0) is 24.3 Å². The smallest absolute Gasteiger partial charge is 0.255 e. The molecule has 29 heavy (non-hydrogen) atoms. The Morgan fingerprint density at radius 3 is 2.97 bits per heavy atom. The van der Waals surface area contributed by atoms with Crippen LogP contribution in [0, 0.1) is 5.92 Å². The maximum atomic E-state index is 13.2. The summed E-state index contributed by atoms with van der Waals surface area (Å²) in [6.07, 6.45) is 7.70. The number of aromatic nitrogens is 3. The van der Waals surface area contributed by atoms with Crippen LogP contribution in [0.3, 0.4) is 0 Å². The zero-order chi connectivity index (χ0) is 20.4. The molecule has 0 aromatic carbocycles. The van der Waals surface area contributed by atoms with Gasteiger partial charge in [0.25, 0.3) is 5.56 Å². The Morgan fingerprint density at radius 1 is 1.34 bits per heavy atom. The Morgan fingerprint density at radius 2 is 2.21 bits per heavy atom. The number of carbonyl (C=O) groups excluding carboxylic acids is 1. The molecule has 2 aromatic rings. The number of fused-ring (bicyclic) bond motifs is 4. The van der Waals surface area contributed by atoms with E-state index in [4.69, 9.17) is 0 Å². The lowest BCUT2D eigenvalue weighted by molar-refractivity contribution is -0.131. The van der Waals surface area contributed by atoms with Crippen LogP contribution in [0.25, 0.3) is 0 Å². The van der Waals surface area contributed by atoms with Gasteiger partial charge < -0.3 is 14.4 Å². The highest BCUT2D eigenvalue weighted by atomic mass is 32.2. The summed E-state index contributed by atoms with van der Waals surface area (Å²) in [6, 6.07) is 4.11. The van der Waals surface area contributed by atoms with Crippen LogP contribution in [0.5, 0.6) is 0 Å². The van der Waals surface area contributed by atoms with Crippen LogP contribution in [0.4, 0.5) is 0 Å². The maximum absolute atomic E-state index is 13.2. The maximum Gasteiger partial charge on any atom is 0.255 e. The van der Waals surface area contributed by atoms with Crippen LogP contribution in [0.15, 0.2) is 29.3 Å². The molecule has 4 heterocycles. The predicted octanol–water partition coefficient (Wildman–Crippen LogP) is 1.55. The lowest BCUT2D eigenvalue weighted by Gasteiger charge is -2.43. The Kier molecular flexibility index (Phi) is 6.10. The minimum atomic E-state index is 0.135. The number of aromatic amines is 1. The fourth-order valence-electron chi connectivity index (χ4n) is 4.63. The number of H-pyrrole nitrogens is 1. The van der Waals surface area contributed by atoms with Crippen LogP contribution in [0.1, 0.15) is 29.2 Å². The van der Waals surface area contributed by atoms with Gasteiger partial charge in [-0.3, -0.25) is 14.7 Å². The number of likely N-dealkylation sites (N-methyl/N-ethyl adjacent to an activating group) is 1. The number of hydrogen-bond donors (Lipinski definition) is 1. The molecule has 0 radical (unpaired) electrons. The van der Waals surface area contributed by atoms with Crippen molar-refractivity contribution in [3.05, 3.63) is 51.7 Å². The molecule has 4 rings (SSSR count). The van der Waals surface area contributed by atoms with E-state index in [1.807, 2.05) is 41.2 Å². The summed E-state index contributed by atoms with van der Waals surface area (Å²) in [5.74, 6) is 1.41. The first-order valence-electron chi connectivity index (χ1n) is 10.2. The number of hydrogen-bond acceptors (Lipinski definition) is 5. The van der Waals surface area contributed by atoms with Gasteiger partial charge >= 0.3 is 0 Å². The molecule has 2 bridgehead atoms. The number of rotatable bonds is 7. The molecule has 2 aliphatic rings. The lowest BCUT2D eigenvalue weighted by atomic mass is 9.83. The molecule has 1 saturated heterocycles. The monoisotopic (exact) mass is 415 g/mol. The fourth-order valence-corrected chi connectivity index (χ4v) is 5.06. The van der Waals surface area contributed by atoms with E-state index in [-0.39, 0.29) is 17.4 Å². The predicted molar refractivity (Wildman–Crippen MR) is 115 cm³/mol. The molecule has 156 valence electrons. The van der Waals surface area contributed by atoms with E-state index >= 15 is 0 Å². The second-order valence-corrected chi connectivity index (χ2v) is 9.19. The molecule has 0 aliphatic carbocycles. The van der Waals surface area contributed by atoms with Crippen LogP contribution >= 0.6 is 11.8 Å². The molecule has 8 heteroatoms. The van der Waals surface area contributed by atoms with Crippen molar-refractivity contribution in [1.82, 2.24) is 24.6 Å². The number of thioether (sulfide) groups is 1. The van der Waals surface area contributed by atoms with Gasteiger partial charge in [0.2, 0.25) is 5.91 Å². The largest absolute Gasteiger partial charge is 0.341 e. The SMILES string of the molecule is CSCC(=O)N1C[C@@H]2C[C@H](C1)c1ccc(CN(C)CCc3cn[nH]c3)c(=O)n1C2.